The topological polar surface area (TPSA) is 55.1 Å². The van der Waals surface area contributed by atoms with Gasteiger partial charge in [-0.1, -0.05) is 36.4 Å². The van der Waals surface area contributed by atoms with Crippen molar-refractivity contribution in [1.29, 1.82) is 0 Å². The van der Waals surface area contributed by atoms with E-state index in [1.54, 1.807) is 12.1 Å². The Morgan fingerprint density at radius 1 is 0.921 bits per heavy atom. The van der Waals surface area contributed by atoms with Gasteiger partial charge in [0.15, 0.2) is 0 Å². The number of hydrogen-bond donors (Lipinski definition) is 1. The highest BCUT2D eigenvalue weighted by Crippen LogP contribution is 2.38. The number of para-hydroxylation sites is 1. The molecule has 0 unspecified atom stereocenters. The molecule has 0 spiro atoms. The van der Waals surface area contributed by atoms with Crippen molar-refractivity contribution in [2.24, 2.45) is 0 Å². The minimum atomic E-state index is -0.451. The van der Waals surface area contributed by atoms with E-state index in [9.17, 15) is 9.18 Å². The van der Waals surface area contributed by atoms with Crippen LogP contribution in [0.5, 0.6) is 0 Å². The Morgan fingerprint density at radius 3 is 2.34 bits per heavy atom. The quantitative estimate of drug-likeness (QED) is 0.291. The Balaban J connectivity index is 1.53. The van der Waals surface area contributed by atoms with Crippen molar-refractivity contribution >= 4 is 11.7 Å². The summed E-state index contributed by atoms with van der Waals surface area (Å²) in [6.07, 6.45) is 2.00. The fourth-order valence-electron chi connectivity index (χ4n) is 5.39. The van der Waals surface area contributed by atoms with Crippen LogP contribution in [-0.4, -0.2) is 25.3 Å². The molecule has 5 aromatic rings. The molecule has 6 nitrogen and oxygen atoms in total. The molecule has 1 atom stereocenters. The molecule has 0 saturated heterocycles. The van der Waals surface area contributed by atoms with Gasteiger partial charge in [-0.15, -0.1) is 0 Å². The molecule has 0 radical (unpaired) electrons. The zero-order chi connectivity index (χ0) is 26.4. The van der Waals surface area contributed by atoms with Crippen LogP contribution in [0.4, 0.5) is 14.9 Å². The summed E-state index contributed by atoms with van der Waals surface area (Å²) in [5.74, 6) is 0.574. The van der Waals surface area contributed by atoms with Gasteiger partial charge in [-0.3, -0.25) is 0 Å². The molecular formula is C31H28FN5O. The average Bonchev–Trinajstić information content (AvgIpc) is 3.45. The third-order valence-corrected chi connectivity index (χ3v) is 7.01. The number of carbonyl (C=O) groups excluding carboxylic acids is 1. The molecule has 0 bridgehead atoms. The predicted octanol–water partition coefficient (Wildman–Crippen LogP) is 6.86. The second-order valence-electron chi connectivity index (χ2n) is 9.83. The Hall–Kier alpha value is -4.65. The van der Waals surface area contributed by atoms with Gasteiger partial charge in [0, 0.05) is 17.4 Å². The molecule has 1 aliphatic rings. The van der Waals surface area contributed by atoms with Gasteiger partial charge in [0.25, 0.3) is 0 Å². The molecule has 3 aromatic carbocycles. The van der Waals surface area contributed by atoms with Gasteiger partial charge in [0.1, 0.15) is 11.6 Å². The number of hydrogen-bond acceptors (Lipinski definition) is 2. The van der Waals surface area contributed by atoms with Crippen LogP contribution in [0.1, 0.15) is 39.7 Å². The Labute approximate surface area is 221 Å². The van der Waals surface area contributed by atoms with Crippen LogP contribution in [0.25, 0.3) is 11.5 Å². The van der Waals surface area contributed by atoms with Crippen molar-refractivity contribution in [1.82, 2.24) is 19.2 Å². The summed E-state index contributed by atoms with van der Waals surface area (Å²) in [6, 6.07) is 25.6. The number of aryl methyl sites for hydroxylation is 3. The van der Waals surface area contributed by atoms with E-state index in [1.807, 2.05) is 91.1 Å². The molecule has 2 aromatic heterocycles. The van der Waals surface area contributed by atoms with Gasteiger partial charge in [-0.25, -0.2) is 13.9 Å². The molecule has 0 aliphatic carbocycles. The van der Waals surface area contributed by atoms with Crippen molar-refractivity contribution < 1.29 is 9.18 Å². The summed E-state index contributed by atoms with van der Waals surface area (Å²) in [5.41, 5.74) is 7.32. The average molecular weight is 506 g/mol. The second-order valence-corrected chi connectivity index (χ2v) is 9.83. The number of amides is 2. The summed E-state index contributed by atoms with van der Waals surface area (Å²) < 4.78 is 18.0. The van der Waals surface area contributed by atoms with Crippen LogP contribution >= 0.6 is 0 Å². The summed E-state index contributed by atoms with van der Waals surface area (Å²) in [7, 11) is 0. The van der Waals surface area contributed by atoms with Crippen LogP contribution in [-0.2, 0) is 6.54 Å². The Bertz CT molecular complexity index is 1610. The SMILES string of the molecule is Cc1cc(C)cc(NC(=O)N2Cc3c(C)nn(-c4ccccc4)c3-n3cccc3[C@@H]2c2ccc(F)cc2)c1. The van der Waals surface area contributed by atoms with E-state index in [0.717, 1.165) is 50.8 Å². The molecule has 6 rings (SSSR count). The molecule has 1 N–H and O–H groups in total. The Kier molecular flexibility index (Phi) is 5.83. The van der Waals surface area contributed by atoms with E-state index < -0.39 is 6.04 Å². The highest BCUT2D eigenvalue weighted by atomic mass is 19.1. The van der Waals surface area contributed by atoms with Crippen LogP contribution < -0.4 is 5.32 Å². The number of benzene rings is 3. The molecule has 0 saturated carbocycles. The molecule has 190 valence electrons. The fourth-order valence-corrected chi connectivity index (χ4v) is 5.39. The standard InChI is InChI=1S/C31H28FN5O/c1-20-16-21(2)18-25(17-20)33-31(38)36-19-27-22(3)34-37(26-8-5-4-6-9-26)30(27)35-15-7-10-28(35)29(36)23-11-13-24(32)14-12-23/h4-18,29H,19H2,1-3H3,(H,33,38)/t29-/m0/s1. The largest absolute Gasteiger partial charge is 0.322 e. The van der Waals surface area contributed by atoms with Gasteiger partial charge in [-0.2, -0.15) is 5.10 Å². The highest BCUT2D eigenvalue weighted by molar-refractivity contribution is 5.90. The van der Waals surface area contributed by atoms with Gasteiger partial charge < -0.3 is 14.8 Å². The first kappa shape index (κ1) is 23.7. The van der Waals surface area contributed by atoms with Crippen LogP contribution in [0.15, 0.2) is 91.1 Å². The van der Waals surface area contributed by atoms with E-state index in [2.05, 4.69) is 16.0 Å². The number of fused-ring (bicyclic) bond motifs is 3. The van der Waals surface area contributed by atoms with E-state index >= 15 is 0 Å². The van der Waals surface area contributed by atoms with Gasteiger partial charge >= 0.3 is 6.03 Å². The summed E-state index contributed by atoms with van der Waals surface area (Å²) >= 11 is 0. The van der Waals surface area contributed by atoms with Gasteiger partial charge in [0.2, 0.25) is 0 Å². The summed E-state index contributed by atoms with van der Waals surface area (Å²) in [4.78, 5) is 15.8. The van der Waals surface area contributed by atoms with E-state index in [0.29, 0.717) is 6.54 Å². The number of nitrogens with one attached hydrogen (secondary N) is 1. The lowest BCUT2D eigenvalue weighted by Crippen LogP contribution is -2.38. The lowest BCUT2D eigenvalue weighted by molar-refractivity contribution is 0.194. The van der Waals surface area contributed by atoms with E-state index in [-0.39, 0.29) is 11.8 Å². The fraction of sp³-hybridized carbons (Fsp3) is 0.161. The minimum Gasteiger partial charge on any atom is -0.308 e. The molecule has 7 heteroatoms. The molecular weight excluding hydrogens is 477 g/mol. The van der Waals surface area contributed by atoms with E-state index in [1.165, 1.54) is 12.1 Å². The number of nitrogens with zero attached hydrogens (tertiary/aromatic N) is 4. The molecule has 2 amide bonds. The predicted molar refractivity (Wildman–Crippen MR) is 146 cm³/mol. The number of carbonyl (C=O) groups is 1. The number of aromatic nitrogens is 3. The van der Waals surface area contributed by atoms with Gasteiger partial charge in [0.05, 0.1) is 29.7 Å². The maximum Gasteiger partial charge on any atom is 0.322 e. The maximum atomic E-state index is 14.0. The Morgan fingerprint density at radius 2 is 1.63 bits per heavy atom. The number of rotatable bonds is 3. The van der Waals surface area contributed by atoms with Crippen molar-refractivity contribution in [2.75, 3.05) is 5.32 Å². The smallest absolute Gasteiger partial charge is 0.308 e. The molecule has 38 heavy (non-hydrogen) atoms. The first-order valence-corrected chi connectivity index (χ1v) is 12.6. The molecule has 1 aliphatic heterocycles. The second kappa shape index (κ2) is 9.34. The first-order chi connectivity index (χ1) is 18.4. The van der Waals surface area contributed by atoms with Gasteiger partial charge in [-0.05, 0) is 86.0 Å². The summed E-state index contributed by atoms with van der Waals surface area (Å²) in [5, 5.41) is 8.00. The van der Waals surface area contributed by atoms with Crippen molar-refractivity contribution in [2.45, 2.75) is 33.4 Å². The third-order valence-electron chi connectivity index (χ3n) is 7.01. The van der Waals surface area contributed by atoms with Crippen LogP contribution in [0.3, 0.4) is 0 Å². The first-order valence-electron chi connectivity index (χ1n) is 12.6. The van der Waals surface area contributed by atoms with Crippen molar-refractivity contribution in [3.8, 4) is 11.5 Å². The monoisotopic (exact) mass is 505 g/mol. The minimum absolute atomic E-state index is 0.239. The van der Waals surface area contributed by atoms with Crippen LogP contribution in [0.2, 0.25) is 0 Å². The third kappa shape index (κ3) is 4.16. The number of urea groups is 1. The maximum absolute atomic E-state index is 14.0. The van der Waals surface area contributed by atoms with E-state index in [4.69, 9.17) is 5.10 Å². The zero-order valence-corrected chi connectivity index (χ0v) is 21.5. The van der Waals surface area contributed by atoms with Crippen molar-refractivity contribution in [3.05, 3.63) is 131 Å². The molecule has 0 fully saturated rings. The highest BCUT2D eigenvalue weighted by Gasteiger charge is 2.36. The normalized spacial score (nSPS) is 14.5. The zero-order valence-electron chi connectivity index (χ0n) is 21.5. The van der Waals surface area contributed by atoms with Crippen LogP contribution in [0, 0.1) is 26.6 Å². The molecule has 3 heterocycles. The number of halogens is 1. The van der Waals surface area contributed by atoms with Crippen molar-refractivity contribution in [3.63, 3.8) is 0 Å². The number of anilines is 1. The lowest BCUT2D eigenvalue weighted by atomic mass is 10.0. The summed E-state index contributed by atoms with van der Waals surface area (Å²) in [6.45, 7) is 6.32. The lowest BCUT2D eigenvalue weighted by Gasteiger charge is -2.31.